The van der Waals surface area contributed by atoms with Crippen LogP contribution in [0.3, 0.4) is 0 Å². The van der Waals surface area contributed by atoms with Gasteiger partial charge in [-0.15, -0.1) is 0 Å². The zero-order valence-electron chi connectivity index (χ0n) is 12.6. The Kier molecular flexibility index (Phi) is 4.68. The van der Waals surface area contributed by atoms with Crippen LogP contribution in [0.4, 0.5) is 0 Å². The number of aliphatic hydroxyl groups excluding tert-OH is 1. The molecule has 2 N–H and O–H groups in total. The van der Waals surface area contributed by atoms with Crippen LogP contribution in [0.1, 0.15) is 12.1 Å². The van der Waals surface area contributed by atoms with Crippen LogP contribution in [-0.4, -0.2) is 27.8 Å². The van der Waals surface area contributed by atoms with E-state index in [1.807, 2.05) is 24.3 Å². The average molecular weight is 310 g/mol. The van der Waals surface area contributed by atoms with Crippen molar-refractivity contribution in [1.82, 2.24) is 9.97 Å². The maximum absolute atomic E-state index is 11.2. The first-order chi connectivity index (χ1) is 11.2. The summed E-state index contributed by atoms with van der Waals surface area (Å²) >= 11 is 0. The number of rotatable bonds is 6. The molecule has 1 aromatic carbocycles. The summed E-state index contributed by atoms with van der Waals surface area (Å²) in [5, 5.41) is 10.9. The van der Waals surface area contributed by atoms with Gasteiger partial charge in [-0.3, -0.25) is 9.78 Å². The third kappa shape index (κ3) is 4.17. The lowest BCUT2D eigenvalue weighted by atomic mass is 10.1. The molecule has 0 bridgehead atoms. The first kappa shape index (κ1) is 15.2. The SMILES string of the molecule is O=c1ccc2cc(OCC(O)CCc3ccccn3)ccc2[nH]1. The van der Waals surface area contributed by atoms with Crippen molar-refractivity contribution in [3.63, 3.8) is 0 Å². The number of pyridine rings is 2. The number of fused-ring (bicyclic) bond motifs is 1. The van der Waals surface area contributed by atoms with Crippen LogP contribution in [0.25, 0.3) is 10.9 Å². The second kappa shape index (κ2) is 7.07. The number of hydrogen-bond acceptors (Lipinski definition) is 4. The number of H-pyrrole nitrogens is 1. The van der Waals surface area contributed by atoms with Gasteiger partial charge in [0.25, 0.3) is 0 Å². The molecule has 0 amide bonds. The van der Waals surface area contributed by atoms with Gasteiger partial charge in [-0.25, -0.2) is 0 Å². The summed E-state index contributed by atoms with van der Waals surface area (Å²) in [6.45, 7) is 0.224. The second-order valence-corrected chi connectivity index (χ2v) is 5.40. The van der Waals surface area contributed by atoms with E-state index in [2.05, 4.69) is 9.97 Å². The highest BCUT2D eigenvalue weighted by atomic mass is 16.5. The van der Waals surface area contributed by atoms with Crippen LogP contribution in [0.15, 0.2) is 59.5 Å². The number of aromatic amines is 1. The first-order valence-electron chi connectivity index (χ1n) is 7.54. The monoisotopic (exact) mass is 310 g/mol. The Bertz CT molecular complexity index is 830. The molecule has 1 atom stereocenters. The van der Waals surface area contributed by atoms with E-state index in [0.29, 0.717) is 18.6 Å². The predicted molar refractivity (Wildman–Crippen MR) is 88.6 cm³/mol. The number of aromatic nitrogens is 2. The molecule has 2 aromatic heterocycles. The van der Waals surface area contributed by atoms with Gasteiger partial charge in [0.05, 0.1) is 6.10 Å². The van der Waals surface area contributed by atoms with Crippen molar-refractivity contribution in [2.45, 2.75) is 18.9 Å². The number of nitrogens with one attached hydrogen (secondary N) is 1. The molecule has 0 aliphatic rings. The number of aliphatic hydroxyl groups is 1. The molecule has 0 saturated heterocycles. The smallest absolute Gasteiger partial charge is 0.248 e. The fourth-order valence-corrected chi connectivity index (χ4v) is 2.36. The summed E-state index contributed by atoms with van der Waals surface area (Å²) in [5.74, 6) is 0.668. The molecule has 3 rings (SSSR count). The van der Waals surface area contributed by atoms with E-state index in [1.165, 1.54) is 6.07 Å². The van der Waals surface area contributed by atoms with Crippen molar-refractivity contribution < 1.29 is 9.84 Å². The summed E-state index contributed by atoms with van der Waals surface area (Å²) < 4.78 is 5.63. The topological polar surface area (TPSA) is 75.2 Å². The maximum Gasteiger partial charge on any atom is 0.248 e. The standard InChI is InChI=1S/C18H18N2O3/c21-15(6-5-14-3-1-2-10-19-14)12-23-16-7-8-17-13(11-16)4-9-18(22)20-17/h1-4,7-11,15,21H,5-6,12H2,(H,20,22). The molecule has 0 saturated carbocycles. The van der Waals surface area contributed by atoms with Crippen molar-refractivity contribution in [2.24, 2.45) is 0 Å². The fourth-order valence-electron chi connectivity index (χ4n) is 2.36. The zero-order valence-corrected chi connectivity index (χ0v) is 12.6. The number of ether oxygens (including phenoxy) is 1. The number of benzene rings is 1. The van der Waals surface area contributed by atoms with E-state index in [1.54, 1.807) is 24.4 Å². The minimum atomic E-state index is -0.553. The highest BCUT2D eigenvalue weighted by Gasteiger charge is 2.07. The molecule has 118 valence electrons. The molecule has 5 heteroatoms. The van der Waals surface area contributed by atoms with Gasteiger partial charge >= 0.3 is 0 Å². The summed E-state index contributed by atoms with van der Waals surface area (Å²) in [5.41, 5.74) is 1.60. The summed E-state index contributed by atoms with van der Waals surface area (Å²) in [6, 6.07) is 14.4. The van der Waals surface area contributed by atoms with E-state index >= 15 is 0 Å². The van der Waals surface area contributed by atoms with E-state index in [0.717, 1.165) is 16.6 Å². The van der Waals surface area contributed by atoms with E-state index in [4.69, 9.17) is 4.74 Å². The molecule has 0 spiro atoms. The van der Waals surface area contributed by atoms with Crippen LogP contribution in [0.2, 0.25) is 0 Å². The average Bonchev–Trinajstić information content (AvgIpc) is 2.59. The molecule has 0 fully saturated rings. The Hall–Kier alpha value is -2.66. The second-order valence-electron chi connectivity index (χ2n) is 5.40. The molecule has 0 aliphatic carbocycles. The van der Waals surface area contributed by atoms with Gasteiger partial charge < -0.3 is 14.8 Å². The Labute approximate surface area is 133 Å². The highest BCUT2D eigenvalue weighted by molar-refractivity contribution is 5.79. The summed E-state index contributed by atoms with van der Waals surface area (Å²) in [4.78, 5) is 18.2. The van der Waals surface area contributed by atoms with Crippen molar-refractivity contribution in [3.05, 3.63) is 70.8 Å². The van der Waals surface area contributed by atoms with Crippen LogP contribution in [0, 0.1) is 0 Å². The molecule has 1 unspecified atom stereocenters. The molecule has 5 nitrogen and oxygen atoms in total. The summed E-state index contributed by atoms with van der Waals surface area (Å²) in [6.07, 6.45) is 2.50. The Morgan fingerprint density at radius 3 is 2.91 bits per heavy atom. The lowest BCUT2D eigenvalue weighted by Crippen LogP contribution is -2.18. The van der Waals surface area contributed by atoms with Gasteiger partial charge in [0.1, 0.15) is 12.4 Å². The highest BCUT2D eigenvalue weighted by Crippen LogP contribution is 2.18. The Morgan fingerprint density at radius 2 is 2.09 bits per heavy atom. The minimum absolute atomic E-state index is 0.129. The van der Waals surface area contributed by atoms with Gasteiger partial charge in [-0.1, -0.05) is 6.07 Å². The quantitative estimate of drug-likeness (QED) is 0.732. The fraction of sp³-hybridized carbons (Fsp3) is 0.222. The van der Waals surface area contributed by atoms with Crippen molar-refractivity contribution in [1.29, 1.82) is 0 Å². The van der Waals surface area contributed by atoms with Crippen LogP contribution >= 0.6 is 0 Å². The molecule has 3 aromatic rings. The van der Waals surface area contributed by atoms with E-state index < -0.39 is 6.10 Å². The predicted octanol–water partition coefficient (Wildman–Crippen LogP) is 2.30. The van der Waals surface area contributed by atoms with Crippen LogP contribution in [-0.2, 0) is 6.42 Å². The lowest BCUT2D eigenvalue weighted by molar-refractivity contribution is 0.100. The third-order valence-corrected chi connectivity index (χ3v) is 3.60. The molecular formula is C18H18N2O3. The van der Waals surface area contributed by atoms with Crippen molar-refractivity contribution >= 4 is 10.9 Å². The summed E-state index contributed by atoms with van der Waals surface area (Å²) in [7, 11) is 0. The Morgan fingerprint density at radius 1 is 1.17 bits per heavy atom. The van der Waals surface area contributed by atoms with Crippen LogP contribution in [0.5, 0.6) is 5.75 Å². The largest absolute Gasteiger partial charge is 0.491 e. The van der Waals surface area contributed by atoms with E-state index in [9.17, 15) is 9.90 Å². The number of aryl methyl sites for hydroxylation is 1. The molecule has 2 heterocycles. The van der Waals surface area contributed by atoms with Crippen LogP contribution < -0.4 is 10.3 Å². The number of nitrogens with zero attached hydrogens (tertiary/aromatic N) is 1. The van der Waals surface area contributed by atoms with Gasteiger partial charge in [-0.2, -0.15) is 0 Å². The number of hydrogen-bond donors (Lipinski definition) is 2. The zero-order chi connectivity index (χ0) is 16.1. The molecule has 0 radical (unpaired) electrons. The van der Waals surface area contributed by atoms with Gasteiger partial charge in [0.2, 0.25) is 5.56 Å². The van der Waals surface area contributed by atoms with E-state index in [-0.39, 0.29) is 12.2 Å². The van der Waals surface area contributed by atoms with Crippen molar-refractivity contribution in [2.75, 3.05) is 6.61 Å². The third-order valence-electron chi connectivity index (χ3n) is 3.60. The van der Waals surface area contributed by atoms with Gasteiger partial charge in [0.15, 0.2) is 0 Å². The van der Waals surface area contributed by atoms with Gasteiger partial charge in [-0.05, 0) is 49.2 Å². The van der Waals surface area contributed by atoms with Gasteiger partial charge in [0, 0.05) is 28.9 Å². The normalized spacial score (nSPS) is 12.2. The molecular weight excluding hydrogens is 292 g/mol. The van der Waals surface area contributed by atoms with Crippen molar-refractivity contribution in [3.8, 4) is 5.75 Å². The molecule has 0 aliphatic heterocycles. The first-order valence-corrected chi connectivity index (χ1v) is 7.54. The Balaban J connectivity index is 1.55. The molecule has 23 heavy (non-hydrogen) atoms. The lowest BCUT2D eigenvalue weighted by Gasteiger charge is -2.12. The minimum Gasteiger partial charge on any atom is -0.491 e. The maximum atomic E-state index is 11.2.